The van der Waals surface area contributed by atoms with E-state index in [1.54, 1.807) is 24.5 Å². The molecular formula is C12H15N3OS2. The van der Waals surface area contributed by atoms with Gasteiger partial charge in [0.2, 0.25) is 0 Å². The highest BCUT2D eigenvalue weighted by Gasteiger charge is 2.19. The van der Waals surface area contributed by atoms with E-state index in [0.717, 1.165) is 22.1 Å². The van der Waals surface area contributed by atoms with Gasteiger partial charge in [-0.1, -0.05) is 6.92 Å². The molecule has 0 aliphatic rings. The average Bonchev–Trinajstić information content (AvgIpc) is 2.95. The number of nitrogens with one attached hydrogen (secondary N) is 1. The van der Waals surface area contributed by atoms with Crippen LogP contribution in [0.2, 0.25) is 0 Å². The molecule has 2 heterocycles. The van der Waals surface area contributed by atoms with E-state index in [4.69, 9.17) is 0 Å². The van der Waals surface area contributed by atoms with Crippen LogP contribution in [0.4, 0.5) is 5.00 Å². The second kappa shape index (κ2) is 5.58. The van der Waals surface area contributed by atoms with Crippen LogP contribution in [0.25, 0.3) is 0 Å². The number of hydrogen-bond acceptors (Lipinski definition) is 6. The van der Waals surface area contributed by atoms with Crippen molar-refractivity contribution < 1.29 is 4.79 Å². The van der Waals surface area contributed by atoms with E-state index in [1.807, 2.05) is 12.3 Å². The van der Waals surface area contributed by atoms with Crippen molar-refractivity contribution >= 4 is 33.7 Å². The number of thiazole rings is 1. The molecule has 2 rings (SSSR count). The number of carbonyl (C=O) groups excluding carboxylic acids is 1. The summed E-state index contributed by atoms with van der Waals surface area (Å²) in [6, 6.07) is 0.142. The third kappa shape index (κ3) is 2.59. The Morgan fingerprint density at radius 3 is 2.89 bits per heavy atom. The summed E-state index contributed by atoms with van der Waals surface area (Å²) < 4.78 is 4.25. The van der Waals surface area contributed by atoms with Gasteiger partial charge in [0.25, 0.3) is 0 Å². The Balaban J connectivity index is 2.25. The van der Waals surface area contributed by atoms with Gasteiger partial charge in [-0.15, -0.1) is 11.3 Å². The van der Waals surface area contributed by atoms with E-state index in [9.17, 15) is 4.79 Å². The Bertz CT molecular complexity index is 534. The maximum atomic E-state index is 11.6. The van der Waals surface area contributed by atoms with Gasteiger partial charge in [-0.3, -0.25) is 4.79 Å². The van der Waals surface area contributed by atoms with Gasteiger partial charge in [-0.25, -0.2) is 4.98 Å². The van der Waals surface area contributed by atoms with Gasteiger partial charge in [-0.05, 0) is 31.8 Å². The number of aromatic nitrogens is 2. The van der Waals surface area contributed by atoms with Crippen molar-refractivity contribution in [1.82, 2.24) is 9.36 Å². The van der Waals surface area contributed by atoms with Crippen LogP contribution in [0.1, 0.15) is 47.4 Å². The minimum absolute atomic E-state index is 0.0535. The van der Waals surface area contributed by atoms with E-state index in [2.05, 4.69) is 21.6 Å². The number of Topliss-reactive ketones (excluding diaryl/α,β-unsaturated/α-hetero) is 1. The van der Waals surface area contributed by atoms with Crippen molar-refractivity contribution in [1.29, 1.82) is 0 Å². The largest absolute Gasteiger partial charge is 0.366 e. The van der Waals surface area contributed by atoms with E-state index in [-0.39, 0.29) is 11.8 Å². The predicted molar refractivity (Wildman–Crippen MR) is 75.6 cm³/mol. The Morgan fingerprint density at radius 2 is 2.33 bits per heavy atom. The summed E-state index contributed by atoms with van der Waals surface area (Å²) in [4.78, 5) is 15.9. The molecule has 4 nitrogen and oxygen atoms in total. The molecule has 1 N–H and O–H groups in total. The normalized spacial score (nSPS) is 12.4. The van der Waals surface area contributed by atoms with Crippen LogP contribution in [-0.4, -0.2) is 15.1 Å². The molecule has 0 saturated heterocycles. The lowest BCUT2D eigenvalue weighted by atomic mass is 10.1. The first-order valence-electron chi connectivity index (χ1n) is 5.76. The number of carbonyl (C=O) groups is 1. The molecule has 2 aromatic heterocycles. The molecule has 0 spiro atoms. The number of nitrogens with zero attached hydrogens (tertiary/aromatic N) is 2. The van der Waals surface area contributed by atoms with E-state index in [1.165, 1.54) is 11.5 Å². The molecule has 18 heavy (non-hydrogen) atoms. The molecule has 0 bridgehead atoms. The third-order valence-corrected chi connectivity index (χ3v) is 4.44. The van der Waals surface area contributed by atoms with Crippen LogP contribution in [0.3, 0.4) is 0 Å². The molecule has 0 radical (unpaired) electrons. The molecule has 0 saturated carbocycles. The fourth-order valence-corrected chi connectivity index (χ4v) is 3.46. The Hall–Kier alpha value is -1.27. The maximum absolute atomic E-state index is 11.6. The second-order valence-electron chi connectivity index (χ2n) is 4.00. The van der Waals surface area contributed by atoms with Gasteiger partial charge in [0, 0.05) is 11.6 Å². The molecule has 0 amide bonds. The summed E-state index contributed by atoms with van der Waals surface area (Å²) in [5.41, 5.74) is 1.50. The first-order valence-corrected chi connectivity index (χ1v) is 7.42. The molecule has 96 valence electrons. The Morgan fingerprint density at radius 1 is 1.56 bits per heavy atom. The van der Waals surface area contributed by atoms with Crippen LogP contribution >= 0.6 is 22.9 Å². The third-order valence-electron chi connectivity index (χ3n) is 2.68. The van der Waals surface area contributed by atoms with Crippen LogP contribution in [0.5, 0.6) is 0 Å². The van der Waals surface area contributed by atoms with Gasteiger partial charge in [0.15, 0.2) is 5.78 Å². The summed E-state index contributed by atoms with van der Waals surface area (Å²) in [5, 5.41) is 7.24. The van der Waals surface area contributed by atoms with Crippen LogP contribution in [0, 0.1) is 6.92 Å². The average molecular weight is 281 g/mol. The highest BCUT2D eigenvalue weighted by atomic mass is 32.1. The van der Waals surface area contributed by atoms with Crippen molar-refractivity contribution in [3.8, 4) is 0 Å². The zero-order chi connectivity index (χ0) is 13.1. The highest BCUT2D eigenvalue weighted by molar-refractivity contribution is 7.11. The standard InChI is InChI=1S/C12H15N3OS2/c1-4-9(11-13-5-6-17-11)14-12-10(8(3)16)7(2)15-18-12/h5-6,9,14H,4H2,1-3H3. The number of rotatable bonds is 5. The van der Waals surface area contributed by atoms with E-state index < -0.39 is 0 Å². The quantitative estimate of drug-likeness (QED) is 0.849. The fourth-order valence-electron chi connectivity index (χ4n) is 1.79. The zero-order valence-electron chi connectivity index (χ0n) is 10.6. The number of aryl methyl sites for hydroxylation is 1. The minimum Gasteiger partial charge on any atom is -0.366 e. The number of ketones is 1. The summed E-state index contributed by atoms with van der Waals surface area (Å²) in [6.45, 7) is 5.54. The monoisotopic (exact) mass is 281 g/mol. The minimum atomic E-state index is 0.0535. The fraction of sp³-hybridized carbons (Fsp3) is 0.417. The molecule has 6 heteroatoms. The van der Waals surface area contributed by atoms with Crippen LogP contribution < -0.4 is 5.32 Å². The number of hydrogen-bond donors (Lipinski definition) is 1. The lowest BCUT2D eigenvalue weighted by molar-refractivity contribution is 0.101. The molecule has 2 aromatic rings. The van der Waals surface area contributed by atoms with Gasteiger partial charge in [0.1, 0.15) is 10.0 Å². The molecule has 0 aliphatic heterocycles. The zero-order valence-corrected chi connectivity index (χ0v) is 12.2. The summed E-state index contributed by atoms with van der Waals surface area (Å²) in [7, 11) is 0. The highest BCUT2D eigenvalue weighted by Crippen LogP contribution is 2.30. The van der Waals surface area contributed by atoms with Crippen molar-refractivity contribution in [2.45, 2.75) is 33.2 Å². The predicted octanol–water partition coefficient (Wildman–Crippen LogP) is 3.67. The lowest BCUT2D eigenvalue weighted by Gasteiger charge is -2.14. The van der Waals surface area contributed by atoms with Crippen LogP contribution in [-0.2, 0) is 0 Å². The smallest absolute Gasteiger partial charge is 0.164 e. The van der Waals surface area contributed by atoms with Gasteiger partial charge in [0.05, 0.1) is 17.3 Å². The van der Waals surface area contributed by atoms with Crippen molar-refractivity contribution in [3.63, 3.8) is 0 Å². The Labute approximate surface area is 114 Å². The topological polar surface area (TPSA) is 54.9 Å². The molecular weight excluding hydrogens is 266 g/mol. The molecule has 1 atom stereocenters. The van der Waals surface area contributed by atoms with E-state index >= 15 is 0 Å². The van der Waals surface area contributed by atoms with Gasteiger partial charge < -0.3 is 5.32 Å². The Kier molecular flexibility index (Phi) is 4.08. The van der Waals surface area contributed by atoms with Crippen molar-refractivity contribution in [3.05, 3.63) is 27.8 Å². The molecule has 0 fully saturated rings. The second-order valence-corrected chi connectivity index (χ2v) is 5.70. The van der Waals surface area contributed by atoms with Crippen molar-refractivity contribution in [2.24, 2.45) is 0 Å². The lowest BCUT2D eigenvalue weighted by Crippen LogP contribution is -2.10. The SMILES string of the molecule is CCC(Nc1snc(C)c1C(C)=O)c1nccs1. The van der Waals surface area contributed by atoms with E-state index in [0.29, 0.717) is 5.56 Å². The summed E-state index contributed by atoms with van der Waals surface area (Å²) >= 11 is 2.96. The van der Waals surface area contributed by atoms with Gasteiger partial charge in [-0.2, -0.15) is 4.37 Å². The molecule has 0 aliphatic carbocycles. The van der Waals surface area contributed by atoms with Crippen LogP contribution in [0.15, 0.2) is 11.6 Å². The molecule has 0 aromatic carbocycles. The maximum Gasteiger partial charge on any atom is 0.164 e. The van der Waals surface area contributed by atoms with Gasteiger partial charge >= 0.3 is 0 Å². The van der Waals surface area contributed by atoms with Crippen molar-refractivity contribution in [2.75, 3.05) is 5.32 Å². The first-order chi connectivity index (χ1) is 8.63. The molecule has 1 unspecified atom stereocenters. The summed E-state index contributed by atoms with van der Waals surface area (Å²) in [6.07, 6.45) is 2.72. The first kappa shape index (κ1) is 13.2. The summed E-state index contributed by atoms with van der Waals surface area (Å²) in [5.74, 6) is 0.0535. The number of anilines is 1.